The van der Waals surface area contributed by atoms with Gasteiger partial charge in [0.05, 0.1) is 0 Å². The van der Waals surface area contributed by atoms with Crippen molar-refractivity contribution in [2.75, 3.05) is 13.1 Å². The van der Waals surface area contributed by atoms with Crippen LogP contribution in [0.25, 0.3) is 0 Å². The highest BCUT2D eigenvalue weighted by Crippen LogP contribution is 2.42. The summed E-state index contributed by atoms with van der Waals surface area (Å²) < 4.78 is 13.9. The molecule has 3 aliphatic heterocycles. The lowest BCUT2D eigenvalue weighted by molar-refractivity contribution is -0.151. The van der Waals surface area contributed by atoms with Crippen LogP contribution < -0.4 is 0 Å². The van der Waals surface area contributed by atoms with E-state index < -0.39 is 0 Å². The summed E-state index contributed by atoms with van der Waals surface area (Å²) in [5.74, 6) is 0.928. The molecule has 0 unspecified atom stereocenters. The Labute approximate surface area is 187 Å². The normalized spacial score (nSPS) is 27.3. The van der Waals surface area contributed by atoms with Gasteiger partial charge in [-0.15, -0.1) is 0 Å². The molecule has 0 spiro atoms. The van der Waals surface area contributed by atoms with Crippen molar-refractivity contribution in [2.45, 2.75) is 58.0 Å². The van der Waals surface area contributed by atoms with E-state index in [1.165, 1.54) is 6.07 Å². The van der Waals surface area contributed by atoms with E-state index in [2.05, 4.69) is 14.9 Å². The second kappa shape index (κ2) is 8.26. The molecule has 0 saturated carbocycles. The highest BCUT2D eigenvalue weighted by molar-refractivity contribution is 5.92. The summed E-state index contributed by atoms with van der Waals surface area (Å²) in [6.07, 6.45) is 4.06. The second-order valence-corrected chi connectivity index (χ2v) is 9.57. The smallest absolute Gasteiger partial charge is 0.272 e. The molecule has 4 atom stereocenters. The van der Waals surface area contributed by atoms with Gasteiger partial charge < -0.3 is 9.80 Å². The first-order valence-electron chi connectivity index (χ1n) is 11.6. The van der Waals surface area contributed by atoms with Crippen LogP contribution in [-0.4, -0.2) is 56.8 Å². The van der Waals surface area contributed by atoms with Crippen molar-refractivity contribution in [2.24, 2.45) is 11.8 Å². The van der Waals surface area contributed by atoms with Crippen LogP contribution in [0.2, 0.25) is 0 Å². The monoisotopic (exact) mass is 436 g/mol. The number of piperidine rings is 3. The number of carbonyl (C=O) groups is 2. The Kier molecular flexibility index (Phi) is 5.43. The minimum Gasteiger partial charge on any atom is -0.337 e. The molecule has 0 radical (unpaired) electrons. The van der Waals surface area contributed by atoms with Crippen LogP contribution >= 0.6 is 0 Å². The van der Waals surface area contributed by atoms with Crippen molar-refractivity contribution in [3.05, 3.63) is 58.9 Å². The molecule has 5 rings (SSSR count). The van der Waals surface area contributed by atoms with E-state index in [1.54, 1.807) is 25.1 Å². The molecule has 3 saturated heterocycles. The highest BCUT2D eigenvalue weighted by Gasteiger charge is 2.50. The SMILES string of the molecule is Cc1cc(C(=O)N2C[C@H]3C[C@@H](C2)[C@H](Cc2cccc(F)c2)N2C(=O)CCC[C@@H]32)nc(C)n1. The van der Waals surface area contributed by atoms with Crippen LogP contribution in [0, 0.1) is 31.5 Å². The van der Waals surface area contributed by atoms with Crippen LogP contribution in [0.15, 0.2) is 30.3 Å². The lowest BCUT2D eigenvalue weighted by Crippen LogP contribution is -2.66. The fourth-order valence-corrected chi connectivity index (χ4v) is 6.10. The number of aromatic nitrogens is 2. The molecule has 2 aromatic rings. The van der Waals surface area contributed by atoms with Crippen LogP contribution in [0.4, 0.5) is 4.39 Å². The Hall–Kier alpha value is -2.83. The lowest BCUT2D eigenvalue weighted by atomic mass is 9.70. The number of nitrogens with zero attached hydrogens (tertiary/aromatic N) is 4. The largest absolute Gasteiger partial charge is 0.337 e. The second-order valence-electron chi connectivity index (χ2n) is 9.57. The molecule has 6 nitrogen and oxygen atoms in total. The first-order valence-corrected chi connectivity index (χ1v) is 11.6. The summed E-state index contributed by atoms with van der Waals surface area (Å²) in [6, 6.07) is 8.54. The van der Waals surface area contributed by atoms with Gasteiger partial charge in [0.2, 0.25) is 5.91 Å². The zero-order valence-electron chi connectivity index (χ0n) is 18.6. The van der Waals surface area contributed by atoms with E-state index in [9.17, 15) is 14.0 Å². The Balaban J connectivity index is 1.45. The summed E-state index contributed by atoms with van der Waals surface area (Å²) >= 11 is 0. The molecule has 2 amide bonds. The molecular formula is C25H29FN4O2. The first kappa shape index (κ1) is 21.0. The molecule has 3 fully saturated rings. The molecular weight excluding hydrogens is 407 g/mol. The van der Waals surface area contributed by atoms with E-state index in [1.807, 2.05) is 17.9 Å². The van der Waals surface area contributed by atoms with Crippen molar-refractivity contribution in [3.8, 4) is 0 Å². The van der Waals surface area contributed by atoms with Gasteiger partial charge in [-0.05, 0) is 75.1 Å². The number of hydrogen-bond acceptors (Lipinski definition) is 4. The third kappa shape index (κ3) is 3.89. The van der Waals surface area contributed by atoms with Gasteiger partial charge in [-0.2, -0.15) is 0 Å². The average molecular weight is 437 g/mol. The quantitative estimate of drug-likeness (QED) is 0.740. The zero-order valence-corrected chi connectivity index (χ0v) is 18.6. The fourth-order valence-electron chi connectivity index (χ4n) is 6.10. The maximum Gasteiger partial charge on any atom is 0.272 e. The van der Waals surface area contributed by atoms with Gasteiger partial charge >= 0.3 is 0 Å². The van der Waals surface area contributed by atoms with Crippen molar-refractivity contribution < 1.29 is 14.0 Å². The molecule has 168 valence electrons. The Bertz CT molecular complexity index is 1040. The number of rotatable bonds is 3. The van der Waals surface area contributed by atoms with Gasteiger partial charge in [0.1, 0.15) is 17.3 Å². The summed E-state index contributed by atoms with van der Waals surface area (Å²) in [5.41, 5.74) is 2.12. The summed E-state index contributed by atoms with van der Waals surface area (Å²) in [6.45, 7) is 4.92. The molecule has 7 heteroatoms. The number of likely N-dealkylation sites (tertiary alicyclic amines) is 1. The fraction of sp³-hybridized carbons (Fsp3) is 0.520. The van der Waals surface area contributed by atoms with Crippen LogP contribution in [0.5, 0.6) is 0 Å². The minimum atomic E-state index is -0.257. The highest BCUT2D eigenvalue weighted by atomic mass is 19.1. The minimum absolute atomic E-state index is 0.0182. The Morgan fingerprint density at radius 2 is 1.97 bits per heavy atom. The van der Waals surface area contributed by atoms with Crippen LogP contribution in [-0.2, 0) is 11.2 Å². The van der Waals surface area contributed by atoms with Gasteiger partial charge in [-0.25, -0.2) is 14.4 Å². The van der Waals surface area contributed by atoms with Crippen LogP contribution in [0.3, 0.4) is 0 Å². The third-order valence-electron chi connectivity index (χ3n) is 7.30. The van der Waals surface area contributed by atoms with E-state index in [0.29, 0.717) is 37.4 Å². The van der Waals surface area contributed by atoms with Crippen molar-refractivity contribution in [3.63, 3.8) is 0 Å². The van der Waals surface area contributed by atoms with Gasteiger partial charge in [-0.1, -0.05) is 12.1 Å². The van der Waals surface area contributed by atoms with Gasteiger partial charge in [-0.3, -0.25) is 9.59 Å². The maximum atomic E-state index is 13.9. The van der Waals surface area contributed by atoms with E-state index in [0.717, 1.165) is 30.5 Å². The number of hydrogen-bond donors (Lipinski definition) is 0. The van der Waals surface area contributed by atoms with Crippen molar-refractivity contribution in [1.82, 2.24) is 19.8 Å². The number of carbonyl (C=O) groups excluding carboxylic acids is 2. The van der Waals surface area contributed by atoms with Gasteiger partial charge in [0.15, 0.2) is 0 Å². The predicted molar refractivity (Wildman–Crippen MR) is 117 cm³/mol. The predicted octanol–water partition coefficient (Wildman–Crippen LogP) is 3.32. The summed E-state index contributed by atoms with van der Waals surface area (Å²) in [4.78, 5) is 39.1. The molecule has 1 aromatic heterocycles. The maximum absolute atomic E-state index is 13.9. The number of benzene rings is 1. The molecule has 0 N–H and O–H groups in total. The standard InChI is InChI=1S/C25H29FN4O2/c1-15-9-21(28-16(2)27-15)25(32)29-13-18-12-19(14-29)23(11-17-5-3-6-20(26)10-17)30-22(18)7-4-8-24(30)31/h3,5-6,9-10,18-19,22-23H,4,7-8,11-14H2,1-2H3/t18-,19+,22+,23+/m1/s1. The number of aryl methyl sites for hydroxylation is 2. The van der Waals surface area contributed by atoms with E-state index in [-0.39, 0.29) is 41.6 Å². The van der Waals surface area contributed by atoms with Crippen molar-refractivity contribution >= 4 is 11.8 Å². The molecule has 4 heterocycles. The van der Waals surface area contributed by atoms with Gasteiger partial charge in [0, 0.05) is 37.3 Å². The number of halogens is 1. The summed E-state index contributed by atoms with van der Waals surface area (Å²) in [7, 11) is 0. The summed E-state index contributed by atoms with van der Waals surface area (Å²) in [5, 5.41) is 0. The topological polar surface area (TPSA) is 66.4 Å². The van der Waals surface area contributed by atoms with Crippen molar-refractivity contribution in [1.29, 1.82) is 0 Å². The molecule has 32 heavy (non-hydrogen) atoms. The number of fused-ring (bicyclic) bond motifs is 4. The zero-order chi connectivity index (χ0) is 22.4. The molecule has 2 bridgehead atoms. The average Bonchev–Trinajstić information content (AvgIpc) is 2.75. The van der Waals surface area contributed by atoms with E-state index >= 15 is 0 Å². The molecule has 3 aliphatic rings. The van der Waals surface area contributed by atoms with E-state index in [4.69, 9.17) is 0 Å². The van der Waals surface area contributed by atoms with Crippen LogP contribution in [0.1, 0.15) is 53.3 Å². The molecule has 1 aromatic carbocycles. The first-order chi connectivity index (χ1) is 15.4. The Morgan fingerprint density at radius 3 is 2.75 bits per heavy atom. The molecule has 0 aliphatic carbocycles. The van der Waals surface area contributed by atoms with Gasteiger partial charge in [0.25, 0.3) is 5.91 Å². The third-order valence-corrected chi connectivity index (χ3v) is 7.30. The lowest BCUT2D eigenvalue weighted by Gasteiger charge is -2.56. The number of amides is 2. The Morgan fingerprint density at radius 1 is 1.16 bits per heavy atom.